The van der Waals surface area contributed by atoms with E-state index in [-0.39, 0.29) is 16.3 Å². The van der Waals surface area contributed by atoms with E-state index >= 15 is 0 Å². The summed E-state index contributed by atoms with van der Waals surface area (Å²) in [4.78, 5) is 0. The highest BCUT2D eigenvalue weighted by molar-refractivity contribution is 6.33. The molecule has 2 nitrogen and oxygen atoms in total. The van der Waals surface area contributed by atoms with Gasteiger partial charge in [-0.15, -0.1) is 0 Å². The van der Waals surface area contributed by atoms with Crippen LogP contribution in [0.25, 0.3) is 11.3 Å². The molecule has 0 aliphatic rings. The Labute approximate surface area is 99.2 Å². The monoisotopic (exact) mass is 262 g/mol. The Hall–Kier alpha value is -1.62. The molecule has 0 saturated carbocycles. The molecule has 17 heavy (non-hydrogen) atoms. The molecule has 1 heterocycles. The average Bonchev–Trinajstić information content (AvgIpc) is 2.68. The van der Waals surface area contributed by atoms with Gasteiger partial charge in [0.25, 0.3) is 0 Å². The Morgan fingerprint density at radius 2 is 1.94 bits per heavy atom. The lowest BCUT2D eigenvalue weighted by molar-refractivity contribution is -0.137. The number of hydrogen-bond donors (Lipinski definition) is 1. The highest BCUT2D eigenvalue weighted by Gasteiger charge is 2.32. The van der Waals surface area contributed by atoms with E-state index in [1.165, 1.54) is 12.3 Å². The molecule has 0 atom stereocenters. The van der Waals surface area contributed by atoms with Crippen molar-refractivity contribution >= 4 is 11.6 Å². The van der Waals surface area contributed by atoms with Crippen LogP contribution in [-0.2, 0) is 6.18 Å². The van der Waals surface area contributed by atoms with Gasteiger partial charge in [0, 0.05) is 0 Å². The molecule has 6 heteroatoms. The van der Waals surface area contributed by atoms with Crippen LogP contribution in [0.4, 0.5) is 13.2 Å². The van der Waals surface area contributed by atoms with Crippen LogP contribution in [0.2, 0.25) is 5.02 Å². The molecule has 0 unspecified atom stereocenters. The fourth-order valence-corrected chi connectivity index (χ4v) is 1.73. The highest BCUT2D eigenvalue weighted by Crippen LogP contribution is 2.41. The Balaban J connectivity index is 2.58. The minimum atomic E-state index is -4.55. The summed E-state index contributed by atoms with van der Waals surface area (Å²) in [5, 5.41) is 9.35. The summed E-state index contributed by atoms with van der Waals surface area (Å²) in [6.45, 7) is 0. The highest BCUT2D eigenvalue weighted by atomic mass is 35.5. The van der Waals surface area contributed by atoms with Gasteiger partial charge in [-0.05, 0) is 24.3 Å². The SMILES string of the molecule is Oc1cc(C(F)(F)F)cc(Cl)c1-c1ccco1. The standard InChI is InChI=1S/C11H6ClF3O2/c12-7-4-6(11(13,14)15)5-8(16)10(7)9-2-1-3-17-9/h1-5,16H. The van der Waals surface area contributed by atoms with E-state index in [9.17, 15) is 18.3 Å². The number of rotatable bonds is 1. The largest absolute Gasteiger partial charge is 0.507 e. The van der Waals surface area contributed by atoms with Gasteiger partial charge in [-0.3, -0.25) is 0 Å². The Kier molecular flexibility index (Phi) is 2.79. The molecule has 0 aliphatic carbocycles. The molecule has 0 bridgehead atoms. The van der Waals surface area contributed by atoms with Gasteiger partial charge < -0.3 is 9.52 Å². The molecule has 0 amide bonds. The molecule has 2 aromatic rings. The maximum absolute atomic E-state index is 12.4. The molecule has 90 valence electrons. The average molecular weight is 263 g/mol. The van der Waals surface area contributed by atoms with Gasteiger partial charge in [-0.2, -0.15) is 13.2 Å². The van der Waals surface area contributed by atoms with Crippen molar-refractivity contribution in [2.75, 3.05) is 0 Å². The van der Waals surface area contributed by atoms with Crippen molar-refractivity contribution in [3.8, 4) is 17.1 Å². The van der Waals surface area contributed by atoms with Crippen molar-refractivity contribution in [3.05, 3.63) is 41.1 Å². The van der Waals surface area contributed by atoms with E-state index in [0.717, 1.165) is 6.07 Å². The zero-order chi connectivity index (χ0) is 12.6. The van der Waals surface area contributed by atoms with Crippen molar-refractivity contribution in [2.45, 2.75) is 6.18 Å². The number of phenols is 1. The number of benzene rings is 1. The Bertz CT molecular complexity index is 509. The molecule has 0 saturated heterocycles. The van der Waals surface area contributed by atoms with Gasteiger partial charge in [-0.25, -0.2) is 0 Å². The summed E-state index contributed by atoms with van der Waals surface area (Å²) in [6, 6.07) is 4.40. The van der Waals surface area contributed by atoms with Gasteiger partial charge in [0.1, 0.15) is 11.5 Å². The number of aromatic hydroxyl groups is 1. The van der Waals surface area contributed by atoms with Crippen LogP contribution in [0.5, 0.6) is 5.75 Å². The second-order valence-corrected chi connectivity index (χ2v) is 3.73. The van der Waals surface area contributed by atoms with Crippen LogP contribution in [0.3, 0.4) is 0 Å². The quantitative estimate of drug-likeness (QED) is 0.830. The normalized spacial score (nSPS) is 11.8. The summed E-state index contributed by atoms with van der Waals surface area (Å²) < 4.78 is 42.3. The van der Waals surface area contributed by atoms with Crippen LogP contribution >= 0.6 is 11.6 Å². The molecule has 0 aliphatic heterocycles. The van der Waals surface area contributed by atoms with E-state index in [1.807, 2.05) is 0 Å². The van der Waals surface area contributed by atoms with Gasteiger partial charge in [-0.1, -0.05) is 11.6 Å². The van der Waals surface area contributed by atoms with Crippen molar-refractivity contribution in [3.63, 3.8) is 0 Å². The summed E-state index contributed by atoms with van der Waals surface area (Å²) in [5.41, 5.74) is -0.958. The van der Waals surface area contributed by atoms with E-state index < -0.39 is 17.5 Å². The molecular weight excluding hydrogens is 257 g/mol. The molecule has 0 radical (unpaired) electrons. The number of halogens is 4. The summed E-state index contributed by atoms with van der Waals surface area (Å²) >= 11 is 5.71. The van der Waals surface area contributed by atoms with Crippen LogP contribution in [0, 0.1) is 0 Å². The van der Waals surface area contributed by atoms with E-state index in [1.54, 1.807) is 6.07 Å². The van der Waals surface area contributed by atoms with E-state index in [0.29, 0.717) is 6.07 Å². The summed E-state index contributed by atoms with van der Waals surface area (Å²) in [7, 11) is 0. The van der Waals surface area contributed by atoms with Crippen LogP contribution < -0.4 is 0 Å². The lowest BCUT2D eigenvalue weighted by Crippen LogP contribution is -2.04. The topological polar surface area (TPSA) is 33.4 Å². The molecule has 1 N–H and O–H groups in total. The van der Waals surface area contributed by atoms with Crippen LogP contribution in [0.1, 0.15) is 5.56 Å². The summed E-state index contributed by atoms with van der Waals surface area (Å²) in [6.07, 6.45) is -3.22. The minimum Gasteiger partial charge on any atom is -0.507 e. The van der Waals surface area contributed by atoms with Crippen molar-refractivity contribution in [2.24, 2.45) is 0 Å². The lowest BCUT2D eigenvalue weighted by atomic mass is 10.1. The molecule has 1 aromatic carbocycles. The predicted octanol–water partition coefficient (Wildman–Crippen LogP) is 4.32. The molecule has 2 rings (SSSR count). The van der Waals surface area contributed by atoms with Gasteiger partial charge in [0.05, 0.1) is 22.4 Å². The summed E-state index contributed by atoms with van der Waals surface area (Å²) in [5.74, 6) is -0.360. The van der Waals surface area contributed by atoms with Crippen molar-refractivity contribution < 1.29 is 22.7 Å². The maximum Gasteiger partial charge on any atom is 0.416 e. The van der Waals surface area contributed by atoms with Gasteiger partial charge in [0.15, 0.2) is 0 Å². The second kappa shape index (κ2) is 4.00. The van der Waals surface area contributed by atoms with E-state index in [2.05, 4.69) is 0 Å². The van der Waals surface area contributed by atoms with Crippen molar-refractivity contribution in [1.29, 1.82) is 0 Å². The fraction of sp³-hybridized carbons (Fsp3) is 0.0909. The third-order valence-electron chi connectivity index (χ3n) is 2.16. The first-order valence-corrected chi connectivity index (χ1v) is 4.91. The fourth-order valence-electron chi connectivity index (χ4n) is 1.42. The van der Waals surface area contributed by atoms with E-state index in [4.69, 9.17) is 16.0 Å². The molecule has 0 fully saturated rings. The second-order valence-electron chi connectivity index (χ2n) is 3.33. The number of hydrogen-bond acceptors (Lipinski definition) is 2. The first-order valence-electron chi connectivity index (χ1n) is 4.53. The third-order valence-corrected chi connectivity index (χ3v) is 2.46. The maximum atomic E-state index is 12.4. The first kappa shape index (κ1) is 11.9. The third kappa shape index (κ3) is 2.24. The number of phenolic OH excluding ortho intramolecular Hbond substituents is 1. The van der Waals surface area contributed by atoms with Gasteiger partial charge >= 0.3 is 6.18 Å². The van der Waals surface area contributed by atoms with Crippen LogP contribution in [-0.4, -0.2) is 5.11 Å². The molecule has 1 aromatic heterocycles. The minimum absolute atomic E-state index is 0.0460. The Morgan fingerprint density at radius 3 is 2.41 bits per heavy atom. The Morgan fingerprint density at radius 1 is 1.24 bits per heavy atom. The lowest BCUT2D eigenvalue weighted by Gasteiger charge is -2.10. The predicted molar refractivity (Wildman–Crippen MR) is 55.8 cm³/mol. The number of furan rings is 1. The first-order chi connectivity index (χ1) is 7.89. The van der Waals surface area contributed by atoms with Crippen molar-refractivity contribution in [1.82, 2.24) is 0 Å². The zero-order valence-electron chi connectivity index (χ0n) is 8.25. The zero-order valence-corrected chi connectivity index (χ0v) is 9.01. The molecular formula is C11H6ClF3O2. The smallest absolute Gasteiger partial charge is 0.416 e. The van der Waals surface area contributed by atoms with Gasteiger partial charge in [0.2, 0.25) is 0 Å². The van der Waals surface area contributed by atoms with Crippen LogP contribution in [0.15, 0.2) is 34.9 Å². The number of alkyl halides is 3. The molecule has 0 spiro atoms.